The quantitative estimate of drug-likeness (QED) is 0.624. The molecule has 0 radical (unpaired) electrons. The van der Waals surface area contributed by atoms with Crippen LogP contribution in [0.2, 0.25) is 0 Å². The maximum atomic E-state index is 12.5. The molecule has 0 aliphatic heterocycles. The van der Waals surface area contributed by atoms with Crippen molar-refractivity contribution in [2.24, 2.45) is 0 Å². The molecule has 8 nitrogen and oxygen atoms in total. The first-order chi connectivity index (χ1) is 12.8. The van der Waals surface area contributed by atoms with Gasteiger partial charge in [-0.2, -0.15) is 0 Å². The molecular weight excluding hydrogens is 368 g/mol. The first-order valence-electron chi connectivity index (χ1n) is 8.06. The third kappa shape index (κ3) is 4.14. The minimum Gasteiger partial charge on any atom is -0.360 e. The predicted molar refractivity (Wildman–Crippen MR) is 101 cm³/mol. The lowest BCUT2D eigenvalue weighted by molar-refractivity contribution is 0.101. The topological polar surface area (TPSA) is 114 Å². The van der Waals surface area contributed by atoms with Crippen molar-refractivity contribution in [3.8, 4) is 0 Å². The molecule has 9 heteroatoms. The van der Waals surface area contributed by atoms with E-state index in [1.165, 1.54) is 26.1 Å². The fraction of sp³-hybridized carbons (Fsp3) is 0.167. The molecule has 27 heavy (non-hydrogen) atoms. The van der Waals surface area contributed by atoms with Crippen LogP contribution in [0.25, 0.3) is 0 Å². The van der Waals surface area contributed by atoms with Gasteiger partial charge in [-0.1, -0.05) is 17.3 Å². The second kappa shape index (κ2) is 7.20. The van der Waals surface area contributed by atoms with Gasteiger partial charge >= 0.3 is 0 Å². The molecule has 1 aromatic carbocycles. The van der Waals surface area contributed by atoms with E-state index in [9.17, 15) is 13.2 Å². The van der Waals surface area contributed by atoms with E-state index in [2.05, 4.69) is 20.2 Å². The summed E-state index contributed by atoms with van der Waals surface area (Å²) in [7, 11) is -3.84. The van der Waals surface area contributed by atoms with Crippen molar-refractivity contribution >= 4 is 33.0 Å². The molecule has 0 saturated carbocycles. The van der Waals surface area contributed by atoms with Crippen LogP contribution in [0.5, 0.6) is 0 Å². The van der Waals surface area contributed by atoms with E-state index in [0.717, 1.165) is 5.69 Å². The summed E-state index contributed by atoms with van der Waals surface area (Å²) in [5.74, 6) is 0.350. The predicted octanol–water partition coefficient (Wildman–Crippen LogP) is 3.43. The van der Waals surface area contributed by atoms with Gasteiger partial charge in [0.2, 0.25) is 0 Å². The molecule has 0 bridgehead atoms. The van der Waals surface area contributed by atoms with Gasteiger partial charge in [-0.05, 0) is 45.0 Å². The molecule has 0 atom stereocenters. The van der Waals surface area contributed by atoms with Crippen LogP contribution in [0.1, 0.15) is 28.7 Å². The zero-order chi connectivity index (χ0) is 19.6. The number of ketones is 1. The summed E-state index contributed by atoms with van der Waals surface area (Å²) in [6, 6.07) is 10.3. The highest BCUT2D eigenvalue weighted by Crippen LogP contribution is 2.23. The Labute approximate surface area is 156 Å². The number of rotatable bonds is 6. The molecule has 0 aliphatic rings. The highest BCUT2D eigenvalue weighted by molar-refractivity contribution is 7.92. The molecule has 140 valence electrons. The van der Waals surface area contributed by atoms with Gasteiger partial charge in [0.1, 0.15) is 11.5 Å². The Morgan fingerprint density at radius 1 is 1.11 bits per heavy atom. The monoisotopic (exact) mass is 386 g/mol. The maximum Gasteiger partial charge on any atom is 0.268 e. The Hall–Kier alpha value is -3.20. The SMILES string of the molecule is CC(=O)c1cccc(Nc2ccc(NS(=O)(=O)c3c(C)noc3C)nc2)c1. The lowest BCUT2D eigenvalue weighted by Crippen LogP contribution is -2.15. The number of benzene rings is 1. The van der Waals surface area contributed by atoms with Crippen LogP contribution in [0.15, 0.2) is 52.0 Å². The van der Waals surface area contributed by atoms with Crippen LogP contribution >= 0.6 is 0 Å². The zero-order valence-corrected chi connectivity index (χ0v) is 15.8. The van der Waals surface area contributed by atoms with Crippen molar-refractivity contribution in [3.05, 3.63) is 59.6 Å². The number of sulfonamides is 1. The van der Waals surface area contributed by atoms with Gasteiger partial charge in [0.15, 0.2) is 16.4 Å². The Morgan fingerprint density at radius 3 is 2.48 bits per heavy atom. The summed E-state index contributed by atoms with van der Waals surface area (Å²) in [5, 5.41) is 6.77. The summed E-state index contributed by atoms with van der Waals surface area (Å²) < 4.78 is 32.3. The van der Waals surface area contributed by atoms with Crippen LogP contribution in [0.3, 0.4) is 0 Å². The number of aryl methyl sites for hydroxylation is 2. The van der Waals surface area contributed by atoms with E-state index in [1.807, 2.05) is 6.07 Å². The van der Waals surface area contributed by atoms with E-state index in [1.54, 1.807) is 31.2 Å². The van der Waals surface area contributed by atoms with Crippen molar-refractivity contribution in [3.63, 3.8) is 0 Å². The summed E-state index contributed by atoms with van der Waals surface area (Å²) in [5.41, 5.74) is 2.25. The molecule has 0 aliphatic carbocycles. The molecule has 2 N–H and O–H groups in total. The average Bonchev–Trinajstić information content (AvgIpc) is 2.96. The average molecular weight is 386 g/mol. The van der Waals surface area contributed by atoms with Gasteiger partial charge in [0, 0.05) is 11.3 Å². The standard InChI is InChI=1S/C18H18N4O4S/c1-11-18(13(3)26-21-11)27(24,25)22-17-8-7-16(10-19-17)20-15-6-4-5-14(9-15)12(2)23/h4-10,20H,1-3H3,(H,19,22). The number of hydrogen-bond donors (Lipinski definition) is 2. The third-order valence-electron chi connectivity index (χ3n) is 3.80. The normalized spacial score (nSPS) is 11.2. The molecule has 0 amide bonds. The number of Topliss-reactive ketones (excluding diaryl/α,β-unsaturated/α-hetero) is 1. The zero-order valence-electron chi connectivity index (χ0n) is 15.0. The molecular formula is C18H18N4O4S. The number of anilines is 3. The highest BCUT2D eigenvalue weighted by Gasteiger charge is 2.24. The molecule has 0 spiro atoms. The van der Waals surface area contributed by atoms with E-state index in [0.29, 0.717) is 11.3 Å². The first kappa shape index (κ1) is 18.6. The fourth-order valence-corrected chi connectivity index (χ4v) is 3.90. The largest absolute Gasteiger partial charge is 0.360 e. The van der Waals surface area contributed by atoms with Crippen LogP contribution < -0.4 is 10.0 Å². The Kier molecular flexibility index (Phi) is 4.95. The summed E-state index contributed by atoms with van der Waals surface area (Å²) in [6.45, 7) is 4.59. The van der Waals surface area contributed by atoms with Gasteiger partial charge in [-0.3, -0.25) is 9.52 Å². The van der Waals surface area contributed by atoms with Crippen molar-refractivity contribution in [1.29, 1.82) is 0 Å². The van der Waals surface area contributed by atoms with Crippen LogP contribution in [-0.2, 0) is 10.0 Å². The Bertz CT molecular complexity index is 1070. The first-order valence-corrected chi connectivity index (χ1v) is 9.54. The third-order valence-corrected chi connectivity index (χ3v) is 5.39. The van der Waals surface area contributed by atoms with E-state index in [-0.39, 0.29) is 28.0 Å². The van der Waals surface area contributed by atoms with Crippen LogP contribution in [-0.4, -0.2) is 24.3 Å². The second-order valence-corrected chi connectivity index (χ2v) is 7.57. The molecule has 0 unspecified atom stereocenters. The number of carbonyl (C=O) groups is 1. The lowest BCUT2D eigenvalue weighted by atomic mass is 10.1. The summed E-state index contributed by atoms with van der Waals surface area (Å²) in [6.07, 6.45) is 1.49. The van der Waals surface area contributed by atoms with E-state index >= 15 is 0 Å². The van der Waals surface area contributed by atoms with Crippen LogP contribution in [0, 0.1) is 13.8 Å². The number of pyridine rings is 1. The minimum absolute atomic E-state index is 0.00699. The highest BCUT2D eigenvalue weighted by atomic mass is 32.2. The Balaban J connectivity index is 1.76. The summed E-state index contributed by atoms with van der Waals surface area (Å²) >= 11 is 0. The summed E-state index contributed by atoms with van der Waals surface area (Å²) in [4.78, 5) is 15.6. The maximum absolute atomic E-state index is 12.5. The fourth-order valence-electron chi connectivity index (χ4n) is 2.56. The van der Waals surface area contributed by atoms with Gasteiger partial charge in [-0.15, -0.1) is 0 Å². The number of aromatic nitrogens is 2. The molecule has 3 rings (SSSR count). The molecule has 3 aromatic rings. The van der Waals surface area contributed by atoms with Gasteiger partial charge < -0.3 is 9.84 Å². The molecule has 0 fully saturated rings. The van der Waals surface area contributed by atoms with Gasteiger partial charge in [0.25, 0.3) is 10.0 Å². The van der Waals surface area contributed by atoms with Crippen molar-refractivity contribution in [2.45, 2.75) is 25.7 Å². The number of carbonyl (C=O) groups excluding carboxylic acids is 1. The van der Waals surface area contributed by atoms with E-state index in [4.69, 9.17) is 4.52 Å². The molecule has 2 aromatic heterocycles. The Morgan fingerprint density at radius 2 is 1.89 bits per heavy atom. The number of hydrogen-bond acceptors (Lipinski definition) is 7. The lowest BCUT2D eigenvalue weighted by Gasteiger charge is -2.09. The number of nitrogens with zero attached hydrogens (tertiary/aromatic N) is 2. The van der Waals surface area contributed by atoms with Crippen LogP contribution in [0.4, 0.5) is 17.2 Å². The second-order valence-electron chi connectivity index (χ2n) is 5.95. The van der Waals surface area contributed by atoms with Crippen molar-refractivity contribution < 1.29 is 17.7 Å². The van der Waals surface area contributed by atoms with E-state index < -0.39 is 10.0 Å². The van der Waals surface area contributed by atoms with Gasteiger partial charge in [-0.25, -0.2) is 13.4 Å². The van der Waals surface area contributed by atoms with Crippen molar-refractivity contribution in [1.82, 2.24) is 10.1 Å². The van der Waals surface area contributed by atoms with Gasteiger partial charge in [0.05, 0.1) is 11.9 Å². The minimum atomic E-state index is -3.84. The molecule has 2 heterocycles. The number of nitrogens with one attached hydrogen (secondary N) is 2. The molecule has 0 saturated heterocycles. The smallest absolute Gasteiger partial charge is 0.268 e. The van der Waals surface area contributed by atoms with Crippen molar-refractivity contribution in [2.75, 3.05) is 10.0 Å².